The van der Waals surface area contributed by atoms with Gasteiger partial charge in [-0.1, -0.05) is 12.1 Å². The van der Waals surface area contributed by atoms with Crippen molar-refractivity contribution in [2.24, 2.45) is 0 Å². The number of hydrogen-bond donors (Lipinski definition) is 0. The van der Waals surface area contributed by atoms with E-state index >= 15 is 0 Å². The van der Waals surface area contributed by atoms with Gasteiger partial charge in [-0.05, 0) is 50.8 Å². The molecule has 4 aromatic rings. The predicted molar refractivity (Wildman–Crippen MR) is 130 cm³/mol. The van der Waals surface area contributed by atoms with Crippen molar-refractivity contribution in [2.75, 3.05) is 43.2 Å². The van der Waals surface area contributed by atoms with Gasteiger partial charge in [-0.25, -0.2) is 9.97 Å². The van der Waals surface area contributed by atoms with E-state index in [1.807, 2.05) is 35.7 Å². The number of aryl methyl sites for hydroxylation is 1. The monoisotopic (exact) mass is 443 g/mol. The normalized spacial score (nSPS) is 17.3. The summed E-state index contributed by atoms with van der Waals surface area (Å²) in [5.74, 6) is 1.90. The molecule has 0 atom stereocenters. The molecule has 33 heavy (non-hydrogen) atoms. The number of aromatic nitrogens is 5. The maximum absolute atomic E-state index is 5.60. The number of para-hydroxylation sites is 2. The number of nitrogens with zero attached hydrogens (tertiary/aromatic N) is 7. The molecule has 0 saturated carbocycles. The van der Waals surface area contributed by atoms with Gasteiger partial charge >= 0.3 is 0 Å². The molecular weight excluding hydrogens is 414 g/mol. The Balaban J connectivity index is 1.49. The summed E-state index contributed by atoms with van der Waals surface area (Å²) in [6.07, 6.45) is 4.43. The van der Waals surface area contributed by atoms with Crippen LogP contribution in [0.5, 0.6) is 0 Å². The molecule has 2 aliphatic rings. The molecule has 2 fully saturated rings. The summed E-state index contributed by atoms with van der Waals surface area (Å²) in [7, 11) is 2.13. The fraction of sp³-hybridized carbons (Fsp3) is 0.440. The van der Waals surface area contributed by atoms with Crippen LogP contribution in [0.15, 0.2) is 36.4 Å². The van der Waals surface area contributed by atoms with Crippen molar-refractivity contribution < 1.29 is 4.74 Å². The molecule has 2 aliphatic heterocycles. The second kappa shape index (κ2) is 8.26. The average Bonchev–Trinajstić information content (AvgIpc) is 3.53. The lowest BCUT2D eigenvalue weighted by molar-refractivity contribution is 0.0851. The highest BCUT2D eigenvalue weighted by molar-refractivity contribution is 5.78. The maximum atomic E-state index is 5.60. The van der Waals surface area contributed by atoms with Gasteiger partial charge in [0.25, 0.3) is 0 Å². The first-order chi connectivity index (χ1) is 16.2. The van der Waals surface area contributed by atoms with Crippen LogP contribution < -0.4 is 9.80 Å². The first-order valence-electron chi connectivity index (χ1n) is 11.9. The lowest BCUT2D eigenvalue weighted by atomic mass is 10.1. The van der Waals surface area contributed by atoms with Crippen LogP contribution >= 0.6 is 0 Å². The summed E-state index contributed by atoms with van der Waals surface area (Å²) in [5, 5.41) is 4.99. The zero-order valence-electron chi connectivity index (χ0n) is 19.2. The number of fused-ring (bicyclic) bond motifs is 2. The van der Waals surface area contributed by atoms with E-state index < -0.39 is 0 Å². The van der Waals surface area contributed by atoms with E-state index in [0.717, 1.165) is 84.5 Å². The van der Waals surface area contributed by atoms with Crippen molar-refractivity contribution in [2.45, 2.75) is 38.6 Å². The van der Waals surface area contributed by atoms with Gasteiger partial charge in [-0.15, -0.1) is 0 Å². The Bertz CT molecular complexity index is 1310. The van der Waals surface area contributed by atoms with E-state index in [2.05, 4.69) is 29.0 Å². The number of ether oxygens (including phenoxy) is 1. The highest BCUT2D eigenvalue weighted by atomic mass is 16.5. The van der Waals surface area contributed by atoms with E-state index in [-0.39, 0.29) is 0 Å². The maximum Gasteiger partial charge on any atom is 0.229 e. The minimum atomic E-state index is 0.387. The predicted octanol–water partition coefficient (Wildman–Crippen LogP) is 3.86. The summed E-state index contributed by atoms with van der Waals surface area (Å²) in [6, 6.07) is 12.6. The van der Waals surface area contributed by atoms with Gasteiger partial charge < -0.3 is 14.5 Å². The highest BCUT2D eigenvalue weighted by Gasteiger charge is 2.25. The van der Waals surface area contributed by atoms with Crippen LogP contribution in [-0.4, -0.2) is 64.0 Å². The van der Waals surface area contributed by atoms with Crippen LogP contribution in [0, 0.1) is 6.92 Å². The Kier molecular flexibility index (Phi) is 5.10. The van der Waals surface area contributed by atoms with Gasteiger partial charge in [0, 0.05) is 45.5 Å². The molecule has 0 N–H and O–H groups in total. The number of benzene rings is 1. The summed E-state index contributed by atoms with van der Waals surface area (Å²) in [4.78, 5) is 19.5. The Morgan fingerprint density at radius 3 is 2.45 bits per heavy atom. The van der Waals surface area contributed by atoms with E-state index in [1.165, 1.54) is 12.8 Å². The van der Waals surface area contributed by atoms with Crippen LogP contribution in [0.2, 0.25) is 0 Å². The van der Waals surface area contributed by atoms with E-state index in [1.54, 1.807) is 0 Å². The molecule has 170 valence electrons. The second-order valence-corrected chi connectivity index (χ2v) is 9.08. The van der Waals surface area contributed by atoms with Gasteiger partial charge in [0.15, 0.2) is 0 Å². The van der Waals surface area contributed by atoms with Crippen LogP contribution in [0.3, 0.4) is 0 Å². The zero-order chi connectivity index (χ0) is 22.4. The van der Waals surface area contributed by atoms with Gasteiger partial charge in [0.05, 0.1) is 22.2 Å². The van der Waals surface area contributed by atoms with Gasteiger partial charge in [-0.3, -0.25) is 0 Å². The van der Waals surface area contributed by atoms with Crippen molar-refractivity contribution >= 4 is 28.3 Å². The van der Waals surface area contributed by atoms with Crippen molar-refractivity contribution in [1.29, 1.82) is 0 Å². The molecule has 0 unspecified atom stereocenters. The Hall–Kier alpha value is -3.26. The van der Waals surface area contributed by atoms with Crippen LogP contribution in [0.25, 0.3) is 27.9 Å². The number of rotatable bonds is 4. The minimum absolute atomic E-state index is 0.387. The lowest BCUT2D eigenvalue weighted by Crippen LogP contribution is -2.38. The molecule has 0 amide bonds. The van der Waals surface area contributed by atoms with Gasteiger partial charge in [-0.2, -0.15) is 14.6 Å². The molecule has 0 bridgehead atoms. The standard InChI is InChI=1S/C25H29N7O/c1-17-24(27-21-8-4-3-7-20(21)26-17)22-15-19-16-23(31-11-5-6-12-31)28-25(32(19)29-22)30(2)18-9-13-33-14-10-18/h3-4,7-8,15-16,18H,5-6,9-14H2,1-2H3. The molecule has 6 rings (SSSR count). The minimum Gasteiger partial charge on any atom is -0.381 e. The SMILES string of the molecule is Cc1nc2ccccc2nc1-c1cc2cc(N3CCCC3)nc(N(C)C3CCOCC3)n2n1. The third kappa shape index (κ3) is 3.68. The van der Waals surface area contributed by atoms with E-state index in [0.29, 0.717) is 6.04 Å². The lowest BCUT2D eigenvalue weighted by Gasteiger charge is -2.32. The van der Waals surface area contributed by atoms with Crippen molar-refractivity contribution in [3.63, 3.8) is 0 Å². The number of anilines is 2. The molecule has 1 aromatic carbocycles. The Morgan fingerprint density at radius 1 is 0.970 bits per heavy atom. The summed E-state index contributed by atoms with van der Waals surface area (Å²) >= 11 is 0. The zero-order valence-corrected chi connectivity index (χ0v) is 19.2. The smallest absolute Gasteiger partial charge is 0.229 e. The van der Waals surface area contributed by atoms with Crippen molar-refractivity contribution in [3.05, 3.63) is 42.1 Å². The Labute approximate surface area is 193 Å². The van der Waals surface area contributed by atoms with Crippen molar-refractivity contribution in [1.82, 2.24) is 24.6 Å². The summed E-state index contributed by atoms with van der Waals surface area (Å²) < 4.78 is 7.57. The molecule has 8 nitrogen and oxygen atoms in total. The molecule has 8 heteroatoms. The topological polar surface area (TPSA) is 71.7 Å². The molecule has 2 saturated heterocycles. The fourth-order valence-corrected chi connectivity index (χ4v) is 4.99. The summed E-state index contributed by atoms with van der Waals surface area (Å²) in [6.45, 7) is 5.70. The van der Waals surface area contributed by atoms with Crippen LogP contribution in [-0.2, 0) is 4.74 Å². The summed E-state index contributed by atoms with van der Waals surface area (Å²) in [5.41, 5.74) is 5.34. The Morgan fingerprint density at radius 2 is 1.70 bits per heavy atom. The molecule has 0 spiro atoms. The van der Waals surface area contributed by atoms with Crippen LogP contribution in [0.1, 0.15) is 31.4 Å². The second-order valence-electron chi connectivity index (χ2n) is 9.08. The molecule has 3 aromatic heterocycles. The number of hydrogen-bond acceptors (Lipinski definition) is 7. The fourth-order valence-electron chi connectivity index (χ4n) is 4.99. The van der Waals surface area contributed by atoms with Crippen LogP contribution in [0.4, 0.5) is 11.8 Å². The molecule has 0 aliphatic carbocycles. The molecule has 5 heterocycles. The molecule has 0 radical (unpaired) electrons. The van der Waals surface area contributed by atoms with Gasteiger partial charge in [0.1, 0.15) is 17.2 Å². The van der Waals surface area contributed by atoms with Crippen molar-refractivity contribution in [3.8, 4) is 11.4 Å². The highest BCUT2D eigenvalue weighted by Crippen LogP contribution is 2.30. The third-order valence-electron chi connectivity index (χ3n) is 6.89. The average molecular weight is 444 g/mol. The first kappa shape index (κ1) is 20.4. The third-order valence-corrected chi connectivity index (χ3v) is 6.89. The first-order valence-corrected chi connectivity index (χ1v) is 11.9. The molecular formula is C25H29N7O. The van der Waals surface area contributed by atoms with E-state index in [9.17, 15) is 0 Å². The largest absolute Gasteiger partial charge is 0.381 e. The quantitative estimate of drug-likeness (QED) is 0.474. The van der Waals surface area contributed by atoms with Gasteiger partial charge in [0.2, 0.25) is 5.95 Å². The van der Waals surface area contributed by atoms with E-state index in [4.69, 9.17) is 24.8 Å².